The number of hydrogen-bond acceptors (Lipinski definition) is 5. The summed E-state index contributed by atoms with van der Waals surface area (Å²) in [5.74, 6) is 0.676. The van der Waals surface area contributed by atoms with Crippen LogP contribution >= 0.6 is 11.6 Å². The minimum Gasteiger partial charge on any atom is -1.00 e. The van der Waals surface area contributed by atoms with Crippen LogP contribution in [-0.2, 0) is 4.79 Å². The molecule has 2 aliphatic rings. The summed E-state index contributed by atoms with van der Waals surface area (Å²) in [6, 6.07) is 27.7. The number of anilines is 2. The van der Waals surface area contributed by atoms with E-state index in [0.29, 0.717) is 17.3 Å². The van der Waals surface area contributed by atoms with Crippen LogP contribution in [0.5, 0.6) is 0 Å². The van der Waals surface area contributed by atoms with Gasteiger partial charge in [0.1, 0.15) is 5.69 Å². The van der Waals surface area contributed by atoms with E-state index in [4.69, 9.17) is 16.7 Å². The highest BCUT2D eigenvalue weighted by molar-refractivity contribution is 6.33. The maximum atomic E-state index is 13.4. The highest BCUT2D eigenvalue weighted by Crippen LogP contribution is 2.27. The topological polar surface area (TPSA) is 59.0 Å². The maximum Gasteiger partial charge on any atom is 0.308 e. The zero-order valence-corrected chi connectivity index (χ0v) is 20.1. The number of nitrogens with two attached hydrogens (primary N) is 1. The number of amidine groups is 1. The van der Waals surface area contributed by atoms with E-state index >= 15 is 0 Å². The molecule has 0 unspecified atom stereocenters. The van der Waals surface area contributed by atoms with Gasteiger partial charge in [-0.25, -0.2) is 0 Å². The van der Waals surface area contributed by atoms with Gasteiger partial charge in [0, 0.05) is 31.9 Å². The smallest absolute Gasteiger partial charge is 0.308 e. The number of nitrogens with zero attached hydrogens (tertiary/aromatic N) is 5. The van der Waals surface area contributed by atoms with Crippen LogP contribution in [0.25, 0.3) is 0 Å². The lowest BCUT2D eigenvalue weighted by Gasteiger charge is -2.36. The molecule has 1 saturated heterocycles. The second-order valence-corrected chi connectivity index (χ2v) is 8.47. The number of halogens is 2. The van der Waals surface area contributed by atoms with Crippen molar-refractivity contribution in [3.05, 3.63) is 95.5 Å². The molecule has 3 aromatic rings. The molecule has 0 atom stereocenters. The van der Waals surface area contributed by atoms with Crippen LogP contribution < -0.4 is 27.9 Å². The zero-order valence-electron chi connectivity index (χ0n) is 18.6. The van der Waals surface area contributed by atoms with Gasteiger partial charge in [0.15, 0.2) is 0 Å². The number of amides is 1. The van der Waals surface area contributed by atoms with Gasteiger partial charge in [-0.15, -0.1) is 5.12 Å². The average Bonchev–Trinajstić information content (AvgIpc) is 3.31. The van der Waals surface area contributed by atoms with Crippen molar-refractivity contribution in [1.29, 1.82) is 0 Å². The molecule has 9 heteroatoms. The Morgan fingerprint density at radius 2 is 1.47 bits per heavy atom. The molecule has 0 radical (unpaired) electrons. The first-order valence-corrected chi connectivity index (χ1v) is 11.4. The third-order valence-electron chi connectivity index (χ3n) is 5.90. The highest BCUT2D eigenvalue weighted by Gasteiger charge is 2.36. The molecule has 0 aromatic heterocycles. The Labute approximate surface area is 210 Å². The summed E-state index contributed by atoms with van der Waals surface area (Å²) in [5.41, 5.74) is 4.63. The van der Waals surface area contributed by atoms with Crippen molar-refractivity contribution < 1.29 is 22.6 Å². The van der Waals surface area contributed by atoms with Gasteiger partial charge in [0.25, 0.3) is 5.84 Å². The standard InChI is InChI=1S/C25H25ClN6O.ClH/c26-22-13-7-8-14-23(22)31-27-25(20-9-3-1-4-10-20)28-32(31)24(33)19-29-15-17-30(18-16-29)21-11-5-2-6-12-21;/h1-14H,15-19H2,(H,27,28);1H. The van der Waals surface area contributed by atoms with Gasteiger partial charge in [-0.05, 0) is 36.4 Å². The van der Waals surface area contributed by atoms with Crippen LogP contribution in [-0.4, -0.2) is 54.5 Å². The van der Waals surface area contributed by atoms with Gasteiger partial charge < -0.3 is 17.3 Å². The molecule has 0 spiro atoms. The number of carbonyl (C=O) groups excluding carboxylic acids is 1. The van der Waals surface area contributed by atoms with E-state index in [2.05, 4.69) is 34.1 Å². The number of piperazine rings is 1. The molecule has 1 amide bonds. The van der Waals surface area contributed by atoms with E-state index in [1.165, 1.54) is 5.69 Å². The number of hydrogen-bond donors (Lipinski definition) is 1. The molecule has 1 fully saturated rings. The minimum absolute atomic E-state index is 0. The Kier molecular flexibility index (Phi) is 7.70. The van der Waals surface area contributed by atoms with Crippen LogP contribution in [0.2, 0.25) is 5.02 Å². The Morgan fingerprint density at radius 3 is 2.15 bits per heavy atom. The second kappa shape index (κ2) is 10.9. The SMILES string of the molecule is O=C(CN1CCN(c2ccccc2)CC1)N1[NH2+]C(c2ccccc2)=NN1c1ccccc1Cl.[Cl-]. The summed E-state index contributed by atoms with van der Waals surface area (Å²) in [5, 5.41) is 8.45. The van der Waals surface area contributed by atoms with Crippen molar-refractivity contribution in [3.8, 4) is 0 Å². The number of hydrazine groups is 1. The lowest BCUT2D eigenvalue weighted by molar-refractivity contribution is -0.684. The number of quaternary nitrogens is 1. The van der Waals surface area contributed by atoms with Crippen LogP contribution in [0.3, 0.4) is 0 Å². The fourth-order valence-electron chi connectivity index (χ4n) is 4.12. The zero-order chi connectivity index (χ0) is 22.6. The van der Waals surface area contributed by atoms with Gasteiger partial charge in [0.2, 0.25) is 0 Å². The van der Waals surface area contributed by atoms with Crippen LogP contribution in [0.15, 0.2) is 90.0 Å². The molecule has 5 rings (SSSR count). The lowest BCUT2D eigenvalue weighted by Crippen LogP contribution is -3.00. The molecular weight excluding hydrogens is 471 g/mol. The lowest BCUT2D eigenvalue weighted by atomic mass is 10.2. The van der Waals surface area contributed by atoms with E-state index < -0.39 is 0 Å². The summed E-state index contributed by atoms with van der Waals surface area (Å²) >= 11 is 6.46. The van der Waals surface area contributed by atoms with Crippen molar-refractivity contribution in [2.75, 3.05) is 42.7 Å². The van der Waals surface area contributed by atoms with Crippen molar-refractivity contribution >= 4 is 34.7 Å². The molecule has 0 bridgehead atoms. The summed E-state index contributed by atoms with van der Waals surface area (Å²) in [4.78, 5) is 18.0. The Morgan fingerprint density at radius 1 is 0.853 bits per heavy atom. The molecule has 34 heavy (non-hydrogen) atoms. The van der Waals surface area contributed by atoms with Crippen molar-refractivity contribution in [2.45, 2.75) is 0 Å². The largest absolute Gasteiger partial charge is 1.00 e. The van der Waals surface area contributed by atoms with E-state index in [9.17, 15) is 4.79 Å². The van der Waals surface area contributed by atoms with Crippen molar-refractivity contribution in [2.24, 2.45) is 5.10 Å². The first-order valence-electron chi connectivity index (χ1n) is 11.1. The average molecular weight is 497 g/mol. The predicted octanol–water partition coefficient (Wildman–Crippen LogP) is -0.430. The number of benzene rings is 3. The van der Waals surface area contributed by atoms with Gasteiger partial charge in [-0.2, -0.15) is 5.43 Å². The first-order chi connectivity index (χ1) is 16.2. The first kappa shape index (κ1) is 24.0. The summed E-state index contributed by atoms with van der Waals surface area (Å²) in [7, 11) is 0. The molecule has 2 aliphatic heterocycles. The molecule has 7 nitrogen and oxygen atoms in total. The van der Waals surface area contributed by atoms with Gasteiger partial charge >= 0.3 is 5.91 Å². The molecule has 2 N–H and O–H groups in total. The number of carbonyl (C=O) groups is 1. The summed E-state index contributed by atoms with van der Waals surface area (Å²) in [6.07, 6.45) is 0. The van der Waals surface area contributed by atoms with E-state index in [1.54, 1.807) is 21.7 Å². The third kappa shape index (κ3) is 5.18. The summed E-state index contributed by atoms with van der Waals surface area (Å²) < 4.78 is 0. The number of para-hydroxylation sites is 2. The number of hydrazone groups is 1. The molecular formula is C25H26Cl2N6O. The molecule has 0 saturated carbocycles. The van der Waals surface area contributed by atoms with Crippen LogP contribution in [0.4, 0.5) is 11.4 Å². The molecule has 2 heterocycles. The Hall–Kier alpha value is -3.10. The molecule has 176 valence electrons. The van der Waals surface area contributed by atoms with E-state index in [0.717, 1.165) is 37.6 Å². The molecule has 0 aliphatic carbocycles. The van der Waals surface area contributed by atoms with Crippen LogP contribution in [0.1, 0.15) is 5.56 Å². The Bertz CT molecular complexity index is 1140. The molecule has 3 aromatic carbocycles. The maximum absolute atomic E-state index is 13.4. The fourth-order valence-corrected chi connectivity index (χ4v) is 4.33. The van der Waals surface area contributed by atoms with E-state index in [-0.39, 0.29) is 18.3 Å². The van der Waals surface area contributed by atoms with Gasteiger partial charge in [0.05, 0.1) is 17.1 Å². The van der Waals surface area contributed by atoms with Gasteiger partial charge in [-0.3, -0.25) is 9.69 Å². The fraction of sp³-hybridized carbons (Fsp3) is 0.200. The number of rotatable bonds is 5. The van der Waals surface area contributed by atoms with E-state index in [1.807, 2.05) is 54.6 Å². The Balaban J connectivity index is 0.00000274. The summed E-state index contributed by atoms with van der Waals surface area (Å²) in [6.45, 7) is 3.75. The highest BCUT2D eigenvalue weighted by atomic mass is 35.5. The van der Waals surface area contributed by atoms with Crippen LogP contribution in [0, 0.1) is 0 Å². The quantitative estimate of drug-likeness (QED) is 0.384. The van der Waals surface area contributed by atoms with Crippen molar-refractivity contribution in [3.63, 3.8) is 0 Å². The van der Waals surface area contributed by atoms with Gasteiger partial charge in [-0.1, -0.05) is 70.4 Å². The minimum atomic E-state index is -0.0437. The normalized spacial score (nSPS) is 16.3. The second-order valence-electron chi connectivity index (χ2n) is 8.06. The third-order valence-corrected chi connectivity index (χ3v) is 6.22. The van der Waals surface area contributed by atoms with Crippen molar-refractivity contribution in [1.82, 2.24) is 10.0 Å². The monoisotopic (exact) mass is 496 g/mol. The predicted molar refractivity (Wildman–Crippen MR) is 131 cm³/mol.